The lowest BCUT2D eigenvalue weighted by molar-refractivity contribution is 0.0711. The van der Waals surface area contributed by atoms with Crippen molar-refractivity contribution in [3.8, 4) is 11.1 Å². The molecule has 1 aliphatic rings. The molecule has 0 aliphatic carbocycles. The van der Waals surface area contributed by atoms with Crippen molar-refractivity contribution < 1.29 is 4.79 Å². The van der Waals surface area contributed by atoms with Gasteiger partial charge in [0, 0.05) is 54.0 Å². The molecule has 0 atom stereocenters. The minimum Gasteiger partial charge on any atom is -0.362 e. The molecule has 2 N–H and O–H groups in total. The SMILES string of the molecule is Cc1cc(C(=O)N2CCC(c3[nH]ncc3-c3ccncc3)CC2)c(C)[nH]1. The molecular formula is C20H23N5O. The minimum absolute atomic E-state index is 0.129. The number of pyridine rings is 1. The molecule has 0 spiro atoms. The monoisotopic (exact) mass is 349 g/mol. The molecule has 6 nitrogen and oxygen atoms in total. The summed E-state index contributed by atoms with van der Waals surface area (Å²) in [6.07, 6.45) is 7.36. The van der Waals surface area contributed by atoms with E-state index in [2.05, 4.69) is 20.2 Å². The molecule has 0 bridgehead atoms. The summed E-state index contributed by atoms with van der Waals surface area (Å²) in [4.78, 5) is 22.1. The maximum absolute atomic E-state index is 12.8. The van der Waals surface area contributed by atoms with Crippen molar-refractivity contribution >= 4 is 5.91 Å². The van der Waals surface area contributed by atoms with E-state index in [4.69, 9.17) is 0 Å². The van der Waals surface area contributed by atoms with Gasteiger partial charge < -0.3 is 9.88 Å². The zero-order valence-corrected chi connectivity index (χ0v) is 15.1. The molecule has 1 saturated heterocycles. The van der Waals surface area contributed by atoms with Crippen LogP contribution in [0.2, 0.25) is 0 Å². The molecule has 4 heterocycles. The van der Waals surface area contributed by atoms with Gasteiger partial charge in [-0.05, 0) is 50.5 Å². The van der Waals surface area contributed by atoms with Crippen molar-refractivity contribution in [2.45, 2.75) is 32.6 Å². The van der Waals surface area contributed by atoms with Gasteiger partial charge in [0.05, 0.1) is 11.8 Å². The third kappa shape index (κ3) is 3.03. The van der Waals surface area contributed by atoms with Crippen LogP contribution in [0.3, 0.4) is 0 Å². The Morgan fingerprint density at radius 2 is 1.92 bits per heavy atom. The normalized spacial score (nSPS) is 15.4. The first kappa shape index (κ1) is 16.6. The number of aromatic nitrogens is 4. The van der Waals surface area contributed by atoms with Crippen LogP contribution < -0.4 is 0 Å². The topological polar surface area (TPSA) is 77.7 Å². The Morgan fingerprint density at radius 3 is 2.58 bits per heavy atom. The number of nitrogens with one attached hydrogen (secondary N) is 2. The Morgan fingerprint density at radius 1 is 1.19 bits per heavy atom. The van der Waals surface area contributed by atoms with E-state index < -0.39 is 0 Å². The number of H-pyrrole nitrogens is 2. The number of amides is 1. The van der Waals surface area contributed by atoms with E-state index in [0.717, 1.165) is 59.7 Å². The lowest BCUT2D eigenvalue weighted by Crippen LogP contribution is -2.38. The second kappa shape index (κ2) is 6.78. The number of piperidine rings is 1. The van der Waals surface area contributed by atoms with Gasteiger partial charge in [0.2, 0.25) is 0 Å². The summed E-state index contributed by atoms with van der Waals surface area (Å²) in [6.45, 7) is 5.47. The van der Waals surface area contributed by atoms with E-state index in [-0.39, 0.29) is 5.91 Å². The molecular weight excluding hydrogens is 326 g/mol. The standard InChI is InChI=1S/C20H23N5O/c1-13-11-17(14(2)23-13)20(26)25-9-5-16(6-10-25)19-18(12-22-24-19)15-3-7-21-8-4-15/h3-4,7-8,11-12,16,23H,5-6,9-10H2,1-2H3,(H,22,24). The highest BCUT2D eigenvalue weighted by atomic mass is 16.2. The Kier molecular flexibility index (Phi) is 4.32. The zero-order valence-electron chi connectivity index (χ0n) is 15.1. The van der Waals surface area contributed by atoms with E-state index in [1.165, 1.54) is 0 Å². The van der Waals surface area contributed by atoms with E-state index in [9.17, 15) is 4.79 Å². The van der Waals surface area contributed by atoms with Gasteiger partial charge in [-0.25, -0.2) is 0 Å². The molecule has 0 saturated carbocycles. The summed E-state index contributed by atoms with van der Waals surface area (Å²) in [5.74, 6) is 0.517. The largest absolute Gasteiger partial charge is 0.362 e. The molecule has 26 heavy (non-hydrogen) atoms. The highest BCUT2D eigenvalue weighted by Crippen LogP contribution is 2.34. The van der Waals surface area contributed by atoms with E-state index in [1.807, 2.05) is 43.1 Å². The molecule has 0 aromatic carbocycles. The van der Waals surface area contributed by atoms with Crippen molar-refractivity contribution in [2.75, 3.05) is 13.1 Å². The molecule has 1 aliphatic heterocycles. The fraction of sp³-hybridized carbons (Fsp3) is 0.350. The van der Waals surface area contributed by atoms with Crippen LogP contribution in [0.15, 0.2) is 36.8 Å². The number of aromatic amines is 2. The summed E-state index contributed by atoms with van der Waals surface area (Å²) < 4.78 is 0. The Labute approximate surface area is 152 Å². The molecule has 4 rings (SSSR count). The molecule has 3 aromatic heterocycles. The number of rotatable bonds is 3. The lowest BCUT2D eigenvalue weighted by Gasteiger charge is -2.32. The van der Waals surface area contributed by atoms with Crippen LogP contribution in [0.25, 0.3) is 11.1 Å². The van der Waals surface area contributed by atoms with Gasteiger partial charge in [0.1, 0.15) is 0 Å². The first-order chi connectivity index (χ1) is 12.6. The van der Waals surface area contributed by atoms with E-state index in [0.29, 0.717) is 5.92 Å². The fourth-order valence-electron chi connectivity index (χ4n) is 3.86. The molecule has 134 valence electrons. The highest BCUT2D eigenvalue weighted by Gasteiger charge is 2.28. The molecule has 1 amide bonds. The third-order valence-electron chi connectivity index (χ3n) is 5.23. The number of carbonyl (C=O) groups is 1. The lowest BCUT2D eigenvalue weighted by atomic mass is 9.89. The molecule has 6 heteroatoms. The quantitative estimate of drug-likeness (QED) is 0.760. The van der Waals surface area contributed by atoms with Gasteiger partial charge >= 0.3 is 0 Å². The van der Waals surface area contributed by atoms with Gasteiger partial charge in [0.15, 0.2) is 0 Å². The predicted octanol–water partition coefficient (Wildman–Crippen LogP) is 3.44. The van der Waals surface area contributed by atoms with Crippen molar-refractivity contribution in [1.82, 2.24) is 25.1 Å². The Balaban J connectivity index is 1.47. The summed E-state index contributed by atoms with van der Waals surface area (Å²) in [7, 11) is 0. The molecule has 3 aromatic rings. The summed E-state index contributed by atoms with van der Waals surface area (Å²) in [5.41, 5.74) is 6.19. The van der Waals surface area contributed by atoms with Gasteiger partial charge in [-0.15, -0.1) is 0 Å². The van der Waals surface area contributed by atoms with Crippen molar-refractivity contribution in [2.24, 2.45) is 0 Å². The number of hydrogen-bond acceptors (Lipinski definition) is 3. The first-order valence-electron chi connectivity index (χ1n) is 9.02. The summed E-state index contributed by atoms with van der Waals surface area (Å²) >= 11 is 0. The number of likely N-dealkylation sites (tertiary alicyclic amines) is 1. The summed E-state index contributed by atoms with van der Waals surface area (Å²) in [6, 6.07) is 5.95. The molecule has 0 radical (unpaired) electrons. The zero-order chi connectivity index (χ0) is 18.1. The second-order valence-corrected chi connectivity index (χ2v) is 6.99. The number of hydrogen-bond donors (Lipinski definition) is 2. The molecule has 1 fully saturated rings. The third-order valence-corrected chi connectivity index (χ3v) is 5.23. The number of aryl methyl sites for hydroxylation is 2. The number of carbonyl (C=O) groups excluding carboxylic acids is 1. The van der Waals surface area contributed by atoms with Gasteiger partial charge in [-0.1, -0.05) is 0 Å². The van der Waals surface area contributed by atoms with E-state index in [1.54, 1.807) is 12.4 Å². The van der Waals surface area contributed by atoms with Crippen molar-refractivity contribution in [1.29, 1.82) is 0 Å². The van der Waals surface area contributed by atoms with Crippen LogP contribution in [0.5, 0.6) is 0 Å². The van der Waals surface area contributed by atoms with Crippen LogP contribution in [0.4, 0.5) is 0 Å². The van der Waals surface area contributed by atoms with Crippen molar-refractivity contribution in [3.63, 3.8) is 0 Å². The van der Waals surface area contributed by atoms with Crippen LogP contribution in [0.1, 0.15) is 46.2 Å². The van der Waals surface area contributed by atoms with Gasteiger partial charge in [-0.3, -0.25) is 14.9 Å². The van der Waals surface area contributed by atoms with Crippen LogP contribution in [0, 0.1) is 13.8 Å². The van der Waals surface area contributed by atoms with Crippen LogP contribution in [-0.4, -0.2) is 44.1 Å². The van der Waals surface area contributed by atoms with Gasteiger partial charge in [-0.2, -0.15) is 5.10 Å². The Hall–Kier alpha value is -2.89. The molecule has 0 unspecified atom stereocenters. The number of nitrogens with zero attached hydrogens (tertiary/aromatic N) is 3. The average molecular weight is 349 g/mol. The fourth-order valence-corrected chi connectivity index (χ4v) is 3.86. The van der Waals surface area contributed by atoms with Crippen molar-refractivity contribution in [3.05, 3.63) is 59.4 Å². The average Bonchev–Trinajstić information content (AvgIpc) is 3.28. The van der Waals surface area contributed by atoms with Crippen LogP contribution in [-0.2, 0) is 0 Å². The highest BCUT2D eigenvalue weighted by molar-refractivity contribution is 5.95. The second-order valence-electron chi connectivity index (χ2n) is 6.99. The first-order valence-corrected chi connectivity index (χ1v) is 9.02. The minimum atomic E-state index is 0.129. The maximum atomic E-state index is 12.8. The maximum Gasteiger partial charge on any atom is 0.255 e. The van der Waals surface area contributed by atoms with Crippen LogP contribution >= 0.6 is 0 Å². The van der Waals surface area contributed by atoms with Gasteiger partial charge in [0.25, 0.3) is 5.91 Å². The summed E-state index contributed by atoms with van der Waals surface area (Å²) in [5, 5.41) is 7.44. The smallest absolute Gasteiger partial charge is 0.255 e. The predicted molar refractivity (Wildman–Crippen MR) is 100.0 cm³/mol. The van der Waals surface area contributed by atoms with E-state index >= 15 is 0 Å². The Bertz CT molecular complexity index is 903.